The Morgan fingerprint density at radius 1 is 0.305 bits per heavy atom. The largest absolute Gasteiger partial charge is 0.456 e. The molecule has 0 spiro atoms. The highest BCUT2D eigenvalue weighted by molar-refractivity contribution is 7.85. The summed E-state index contributed by atoms with van der Waals surface area (Å²) < 4.78 is 22.4. The Morgan fingerprint density at radius 3 is 0.932 bits per heavy atom. The molecule has 0 aromatic heterocycles. The Morgan fingerprint density at radius 2 is 0.593 bits per heavy atom. The predicted octanol–water partition coefficient (Wildman–Crippen LogP) is 13.7. The highest BCUT2D eigenvalue weighted by Crippen LogP contribution is 2.53. The van der Waals surface area contributed by atoms with Crippen molar-refractivity contribution >= 4 is 57.2 Å². The minimum absolute atomic E-state index is 0.607. The van der Waals surface area contributed by atoms with Gasteiger partial charge in [-0.25, -0.2) is 0 Å². The fraction of sp³-hybridized carbons (Fsp3) is 0. The van der Waals surface area contributed by atoms with Crippen LogP contribution in [0.5, 0.6) is 11.5 Å². The van der Waals surface area contributed by atoms with Crippen LogP contribution in [0, 0.1) is 0 Å². The number of ether oxygens (including phenoxy) is 1. The van der Waals surface area contributed by atoms with Crippen LogP contribution in [0.3, 0.4) is 0 Å². The first-order valence-electron chi connectivity index (χ1n) is 19.8. The third-order valence-electron chi connectivity index (χ3n) is 10.9. The zero-order valence-corrected chi connectivity index (χ0v) is 33.1. The lowest BCUT2D eigenvalue weighted by atomic mass is 10.0. The molecule has 0 saturated heterocycles. The second-order valence-electron chi connectivity index (χ2n) is 14.5. The molecule has 9 aromatic rings. The summed E-state index contributed by atoms with van der Waals surface area (Å²) >= 11 is 0. The smallest absolute Gasteiger partial charge is 0.178 e. The topological polar surface area (TPSA) is 32.8 Å². The van der Waals surface area contributed by atoms with Crippen molar-refractivity contribution in [1.82, 2.24) is 0 Å². The Kier molecular flexibility index (Phi) is 9.46. The number of hydrogen-bond acceptors (Lipinski definition) is 4. The minimum Gasteiger partial charge on any atom is -0.456 e. The van der Waals surface area contributed by atoms with Crippen molar-refractivity contribution in [3.63, 3.8) is 0 Å². The summed E-state index contributed by atoms with van der Waals surface area (Å²) in [7, 11) is -3.28. The lowest BCUT2D eigenvalue weighted by Crippen LogP contribution is -2.30. The number of benzene rings is 9. The Labute approximate surface area is 345 Å². The van der Waals surface area contributed by atoms with Crippen molar-refractivity contribution < 1.29 is 9.30 Å². The molecule has 0 aliphatic carbocycles. The van der Waals surface area contributed by atoms with E-state index in [1.54, 1.807) is 0 Å². The van der Waals surface area contributed by atoms with Gasteiger partial charge in [0.25, 0.3) is 0 Å². The number of anilines is 6. The predicted molar refractivity (Wildman–Crippen MR) is 246 cm³/mol. The van der Waals surface area contributed by atoms with Crippen molar-refractivity contribution in [2.45, 2.75) is 0 Å². The standard InChI is InChI=1S/C54H39N2O2P/c57-59(50-24-14-5-15-25-50)53-36-30-42(40-26-32-48(33-27-40)55(44-16-6-1-7-17-44)45-18-8-2-9-19-45)38-51(53)58-52-39-43(31-37-54(52)59)41-28-34-49(35-29-41)56(46-20-10-3-11-21-46)47-22-12-4-13-23-47/h1-39H. The molecule has 1 heterocycles. The SMILES string of the molecule is O=P1(c2ccccc2)c2ccc(-c3ccc(N(c4ccccc4)c4ccccc4)cc3)cc2Oc2cc(-c3ccc(N(c4ccccc4)c4ccccc4)cc3)ccc21. The van der Waals surface area contributed by atoms with E-state index in [2.05, 4.69) is 168 Å². The molecule has 0 bridgehead atoms. The Balaban J connectivity index is 1.00. The highest BCUT2D eigenvalue weighted by atomic mass is 31.2. The van der Waals surface area contributed by atoms with Crippen LogP contribution in [0.25, 0.3) is 22.3 Å². The zero-order valence-electron chi connectivity index (χ0n) is 32.2. The maximum absolute atomic E-state index is 15.7. The molecule has 9 aromatic carbocycles. The number of hydrogen-bond donors (Lipinski definition) is 0. The summed E-state index contributed by atoms with van der Waals surface area (Å²) in [5.74, 6) is 1.21. The fourth-order valence-corrected chi connectivity index (χ4v) is 10.9. The van der Waals surface area contributed by atoms with E-state index in [4.69, 9.17) is 4.74 Å². The van der Waals surface area contributed by atoms with E-state index in [9.17, 15) is 0 Å². The van der Waals surface area contributed by atoms with Crippen LogP contribution in [0.4, 0.5) is 34.1 Å². The third kappa shape index (κ3) is 6.80. The van der Waals surface area contributed by atoms with E-state index >= 15 is 4.57 Å². The van der Waals surface area contributed by atoms with Crippen LogP contribution >= 0.6 is 7.14 Å². The number of fused-ring (bicyclic) bond motifs is 2. The van der Waals surface area contributed by atoms with E-state index in [1.165, 1.54) is 0 Å². The summed E-state index contributed by atoms with van der Waals surface area (Å²) in [6.45, 7) is 0. The van der Waals surface area contributed by atoms with Crippen molar-refractivity contribution in [3.05, 3.63) is 237 Å². The van der Waals surface area contributed by atoms with Gasteiger partial charge >= 0.3 is 0 Å². The average molecular weight is 779 g/mol. The quantitative estimate of drug-likeness (QED) is 0.137. The highest BCUT2D eigenvalue weighted by Gasteiger charge is 2.39. The summed E-state index contributed by atoms with van der Waals surface area (Å²) in [5.41, 5.74) is 10.5. The zero-order chi connectivity index (χ0) is 39.6. The molecule has 282 valence electrons. The monoisotopic (exact) mass is 778 g/mol. The van der Waals surface area contributed by atoms with Gasteiger partial charge in [0.05, 0.1) is 10.6 Å². The van der Waals surface area contributed by atoms with Crippen molar-refractivity contribution in [2.24, 2.45) is 0 Å². The molecule has 0 N–H and O–H groups in total. The number of nitrogens with zero attached hydrogens (tertiary/aromatic N) is 2. The molecule has 0 unspecified atom stereocenters. The molecule has 0 fully saturated rings. The van der Waals surface area contributed by atoms with Gasteiger partial charge < -0.3 is 19.1 Å². The molecule has 0 amide bonds. The van der Waals surface area contributed by atoms with Gasteiger partial charge in [0.15, 0.2) is 7.14 Å². The first kappa shape index (κ1) is 36.0. The molecular weight excluding hydrogens is 740 g/mol. The van der Waals surface area contributed by atoms with Crippen molar-refractivity contribution in [1.29, 1.82) is 0 Å². The first-order chi connectivity index (χ1) is 29.1. The minimum atomic E-state index is -3.28. The molecule has 1 aliphatic heterocycles. The normalized spacial score (nSPS) is 12.4. The second-order valence-corrected chi connectivity index (χ2v) is 17.2. The molecule has 1 aliphatic rings. The third-order valence-corrected chi connectivity index (χ3v) is 14.0. The molecule has 0 radical (unpaired) electrons. The average Bonchev–Trinajstić information content (AvgIpc) is 3.31. The first-order valence-corrected chi connectivity index (χ1v) is 21.5. The maximum atomic E-state index is 15.7. The molecule has 5 heteroatoms. The summed E-state index contributed by atoms with van der Waals surface area (Å²) in [6.07, 6.45) is 0. The van der Waals surface area contributed by atoms with Gasteiger partial charge in [-0.2, -0.15) is 0 Å². The van der Waals surface area contributed by atoms with E-state index < -0.39 is 7.14 Å². The molecular formula is C54H39N2O2P. The van der Waals surface area contributed by atoms with Crippen LogP contribution in [0.2, 0.25) is 0 Å². The van der Waals surface area contributed by atoms with Gasteiger partial charge in [-0.3, -0.25) is 0 Å². The van der Waals surface area contributed by atoms with Gasteiger partial charge in [0, 0.05) is 39.4 Å². The Hall–Kier alpha value is -7.39. The summed E-state index contributed by atoms with van der Waals surface area (Å²) in [4.78, 5) is 4.50. The van der Waals surface area contributed by atoms with Gasteiger partial charge in [-0.05, 0) is 119 Å². The second kappa shape index (κ2) is 15.5. The van der Waals surface area contributed by atoms with E-state index in [-0.39, 0.29) is 0 Å². The van der Waals surface area contributed by atoms with Crippen molar-refractivity contribution in [3.8, 4) is 33.8 Å². The number of rotatable bonds is 9. The van der Waals surface area contributed by atoms with E-state index in [1.807, 2.05) is 78.9 Å². The number of para-hydroxylation sites is 4. The maximum Gasteiger partial charge on any atom is 0.178 e. The molecule has 4 nitrogen and oxygen atoms in total. The van der Waals surface area contributed by atoms with Gasteiger partial charge in [-0.1, -0.05) is 140 Å². The summed E-state index contributed by atoms with van der Waals surface area (Å²) in [5, 5.41) is 2.19. The van der Waals surface area contributed by atoms with Gasteiger partial charge in [-0.15, -0.1) is 0 Å². The lowest BCUT2D eigenvalue weighted by Gasteiger charge is -2.30. The van der Waals surface area contributed by atoms with Crippen LogP contribution in [-0.2, 0) is 4.57 Å². The molecule has 10 rings (SSSR count). The van der Waals surface area contributed by atoms with Gasteiger partial charge in [0.2, 0.25) is 0 Å². The molecule has 0 saturated carbocycles. The Bertz CT molecular complexity index is 2650. The van der Waals surface area contributed by atoms with E-state index in [0.717, 1.165) is 61.7 Å². The summed E-state index contributed by atoms with van der Waals surface area (Å²) in [6, 6.07) is 80.8. The van der Waals surface area contributed by atoms with Crippen LogP contribution in [0.1, 0.15) is 0 Å². The lowest BCUT2D eigenvalue weighted by molar-refractivity contribution is 0.486. The van der Waals surface area contributed by atoms with Crippen LogP contribution in [-0.4, -0.2) is 0 Å². The van der Waals surface area contributed by atoms with Crippen LogP contribution < -0.4 is 30.5 Å². The fourth-order valence-electron chi connectivity index (χ4n) is 8.04. The van der Waals surface area contributed by atoms with Crippen LogP contribution in [0.15, 0.2) is 237 Å². The van der Waals surface area contributed by atoms with Gasteiger partial charge in [0.1, 0.15) is 11.5 Å². The van der Waals surface area contributed by atoms with E-state index in [0.29, 0.717) is 22.1 Å². The molecule has 0 atom stereocenters. The molecule has 59 heavy (non-hydrogen) atoms. The van der Waals surface area contributed by atoms with Crippen molar-refractivity contribution in [2.75, 3.05) is 9.80 Å².